The quantitative estimate of drug-likeness (QED) is 0.522. The molecule has 0 atom stereocenters. The minimum Gasteiger partial charge on any atom is -0.497 e. The largest absolute Gasteiger partial charge is 0.497 e. The molecule has 3 aromatic rings. The summed E-state index contributed by atoms with van der Waals surface area (Å²) < 4.78 is 12.1. The van der Waals surface area contributed by atoms with Crippen molar-refractivity contribution in [3.63, 3.8) is 0 Å². The zero-order valence-corrected chi connectivity index (χ0v) is 17.5. The average molecular weight is 411 g/mol. The zero-order chi connectivity index (χ0) is 20.1. The summed E-state index contributed by atoms with van der Waals surface area (Å²) in [6.45, 7) is 2.18. The van der Waals surface area contributed by atoms with Crippen LogP contribution in [0.4, 0.5) is 0 Å². The maximum absolute atomic E-state index is 12.5. The van der Waals surface area contributed by atoms with Crippen molar-refractivity contribution >= 4 is 27.5 Å². The van der Waals surface area contributed by atoms with Crippen LogP contribution in [-0.2, 0) is 4.79 Å². The van der Waals surface area contributed by atoms with E-state index in [1.54, 1.807) is 18.4 Å². The number of thiazole rings is 1. The van der Waals surface area contributed by atoms with Crippen LogP contribution in [0.15, 0.2) is 48.5 Å². The van der Waals surface area contributed by atoms with Crippen LogP contribution in [0.2, 0.25) is 0 Å². The highest BCUT2D eigenvalue weighted by Gasteiger charge is 2.25. The maximum atomic E-state index is 12.5. The highest BCUT2D eigenvalue weighted by atomic mass is 32.1. The van der Waals surface area contributed by atoms with E-state index in [2.05, 4.69) is 18.2 Å². The molecule has 1 aromatic heterocycles. The molecule has 1 fully saturated rings. The molecule has 0 unspecified atom stereocenters. The van der Waals surface area contributed by atoms with Gasteiger partial charge in [-0.15, -0.1) is 11.3 Å². The van der Waals surface area contributed by atoms with E-state index >= 15 is 0 Å². The Labute approximate surface area is 175 Å². The smallest absolute Gasteiger partial charge is 0.222 e. The molecule has 1 aliphatic heterocycles. The number of rotatable bonds is 7. The molecule has 4 rings (SSSR count). The van der Waals surface area contributed by atoms with Crippen LogP contribution in [0.1, 0.15) is 36.6 Å². The topological polar surface area (TPSA) is 51.7 Å². The SMILES string of the molecule is COc1ccc(OCCCC(=O)N2CCC(c3nc4ccccc4s3)CC2)cc1. The lowest BCUT2D eigenvalue weighted by Gasteiger charge is -2.31. The van der Waals surface area contributed by atoms with E-state index in [4.69, 9.17) is 14.5 Å². The number of benzene rings is 2. The molecule has 2 aromatic carbocycles. The summed E-state index contributed by atoms with van der Waals surface area (Å²) in [6.07, 6.45) is 3.24. The summed E-state index contributed by atoms with van der Waals surface area (Å²) in [4.78, 5) is 19.3. The van der Waals surface area contributed by atoms with E-state index in [9.17, 15) is 4.79 Å². The molecule has 0 spiro atoms. The van der Waals surface area contributed by atoms with Gasteiger partial charge in [-0.25, -0.2) is 4.98 Å². The Morgan fingerprint density at radius 2 is 1.83 bits per heavy atom. The van der Waals surface area contributed by atoms with Crippen molar-refractivity contribution in [2.24, 2.45) is 0 Å². The molecular weight excluding hydrogens is 384 g/mol. The number of hydrogen-bond donors (Lipinski definition) is 0. The van der Waals surface area contributed by atoms with E-state index in [-0.39, 0.29) is 5.91 Å². The van der Waals surface area contributed by atoms with Crippen LogP contribution < -0.4 is 9.47 Å². The van der Waals surface area contributed by atoms with E-state index in [0.29, 0.717) is 18.9 Å². The fraction of sp³-hybridized carbons (Fsp3) is 0.391. The van der Waals surface area contributed by atoms with Gasteiger partial charge >= 0.3 is 0 Å². The maximum Gasteiger partial charge on any atom is 0.222 e. The Balaban J connectivity index is 1.19. The molecule has 6 heteroatoms. The van der Waals surface area contributed by atoms with Crippen LogP contribution in [0.5, 0.6) is 11.5 Å². The number of fused-ring (bicyclic) bond motifs is 1. The third-order valence-electron chi connectivity index (χ3n) is 5.37. The molecular formula is C23H26N2O3S. The number of methoxy groups -OCH3 is 1. The lowest BCUT2D eigenvalue weighted by Crippen LogP contribution is -2.37. The number of piperidine rings is 1. The zero-order valence-electron chi connectivity index (χ0n) is 16.7. The second-order valence-electron chi connectivity index (χ2n) is 7.30. The Bertz CT molecular complexity index is 913. The lowest BCUT2D eigenvalue weighted by atomic mass is 9.97. The summed E-state index contributed by atoms with van der Waals surface area (Å²) in [6, 6.07) is 15.8. The molecule has 152 valence electrons. The molecule has 1 saturated heterocycles. The third kappa shape index (κ3) is 4.88. The van der Waals surface area contributed by atoms with Gasteiger partial charge in [0, 0.05) is 25.4 Å². The number of aromatic nitrogens is 1. The van der Waals surface area contributed by atoms with Crippen molar-refractivity contribution in [1.29, 1.82) is 0 Å². The monoisotopic (exact) mass is 410 g/mol. The molecule has 0 saturated carbocycles. The second kappa shape index (κ2) is 9.27. The number of carbonyl (C=O) groups is 1. The summed E-state index contributed by atoms with van der Waals surface area (Å²) in [7, 11) is 1.64. The highest BCUT2D eigenvalue weighted by Crippen LogP contribution is 2.33. The summed E-state index contributed by atoms with van der Waals surface area (Å²) >= 11 is 1.79. The Morgan fingerprint density at radius 3 is 2.55 bits per heavy atom. The number of amides is 1. The van der Waals surface area contributed by atoms with E-state index in [1.807, 2.05) is 35.2 Å². The van der Waals surface area contributed by atoms with E-state index < -0.39 is 0 Å². The standard InChI is InChI=1S/C23H26N2O3S/c1-27-18-8-10-19(11-9-18)28-16-4-7-22(26)25-14-12-17(13-15-25)23-24-20-5-2-3-6-21(20)29-23/h2-3,5-6,8-11,17H,4,7,12-16H2,1H3. The molecule has 0 N–H and O–H groups in total. The van der Waals surface area contributed by atoms with Gasteiger partial charge in [0.15, 0.2) is 0 Å². The molecule has 1 amide bonds. The Hall–Kier alpha value is -2.60. The van der Waals surface area contributed by atoms with Crippen molar-refractivity contribution in [3.05, 3.63) is 53.5 Å². The van der Waals surface area contributed by atoms with Gasteiger partial charge in [0.2, 0.25) is 5.91 Å². The van der Waals surface area contributed by atoms with E-state index in [0.717, 1.165) is 49.4 Å². The average Bonchev–Trinajstić information content (AvgIpc) is 3.21. The van der Waals surface area contributed by atoms with Crippen molar-refractivity contribution in [3.8, 4) is 11.5 Å². The fourth-order valence-electron chi connectivity index (χ4n) is 3.68. The first-order chi connectivity index (χ1) is 14.2. The first kappa shape index (κ1) is 19.7. The highest BCUT2D eigenvalue weighted by molar-refractivity contribution is 7.18. The van der Waals surface area contributed by atoms with Crippen molar-refractivity contribution in [2.45, 2.75) is 31.6 Å². The summed E-state index contributed by atoms with van der Waals surface area (Å²) in [5, 5.41) is 1.21. The van der Waals surface area contributed by atoms with Crippen LogP contribution in [0.3, 0.4) is 0 Å². The molecule has 29 heavy (non-hydrogen) atoms. The van der Waals surface area contributed by atoms with Gasteiger partial charge in [-0.1, -0.05) is 12.1 Å². The first-order valence-corrected chi connectivity index (χ1v) is 10.9. The van der Waals surface area contributed by atoms with Gasteiger partial charge in [-0.3, -0.25) is 4.79 Å². The fourth-order valence-corrected chi connectivity index (χ4v) is 4.82. The number of carbonyl (C=O) groups excluding carboxylic acids is 1. The summed E-state index contributed by atoms with van der Waals surface area (Å²) in [5.74, 6) is 2.30. The van der Waals surface area contributed by atoms with Gasteiger partial charge in [0.25, 0.3) is 0 Å². The first-order valence-electron chi connectivity index (χ1n) is 10.1. The molecule has 1 aliphatic rings. The Morgan fingerprint density at radius 1 is 1.10 bits per heavy atom. The van der Waals surface area contributed by atoms with E-state index in [1.165, 1.54) is 9.71 Å². The van der Waals surface area contributed by atoms with Crippen LogP contribution in [0.25, 0.3) is 10.2 Å². The van der Waals surface area contributed by atoms with Gasteiger partial charge < -0.3 is 14.4 Å². The van der Waals surface area contributed by atoms with Gasteiger partial charge in [-0.05, 0) is 55.7 Å². The van der Waals surface area contributed by atoms with Gasteiger partial charge in [-0.2, -0.15) is 0 Å². The molecule has 0 radical (unpaired) electrons. The van der Waals surface area contributed by atoms with Crippen molar-refractivity contribution in [2.75, 3.05) is 26.8 Å². The number of para-hydroxylation sites is 1. The minimum absolute atomic E-state index is 0.228. The summed E-state index contributed by atoms with van der Waals surface area (Å²) in [5.41, 5.74) is 1.09. The Kier molecular flexibility index (Phi) is 6.30. The van der Waals surface area contributed by atoms with Crippen LogP contribution in [0, 0.1) is 0 Å². The van der Waals surface area contributed by atoms with Gasteiger partial charge in [0.05, 0.1) is 28.9 Å². The number of nitrogens with zero attached hydrogens (tertiary/aromatic N) is 2. The molecule has 0 aliphatic carbocycles. The second-order valence-corrected chi connectivity index (χ2v) is 8.36. The predicted molar refractivity (Wildman–Crippen MR) is 116 cm³/mol. The minimum atomic E-state index is 0.228. The predicted octanol–water partition coefficient (Wildman–Crippen LogP) is 4.87. The number of hydrogen-bond acceptors (Lipinski definition) is 5. The third-order valence-corrected chi connectivity index (χ3v) is 6.57. The van der Waals surface area contributed by atoms with Gasteiger partial charge in [0.1, 0.15) is 11.5 Å². The molecule has 5 nitrogen and oxygen atoms in total. The number of ether oxygens (including phenoxy) is 2. The lowest BCUT2D eigenvalue weighted by molar-refractivity contribution is -0.132. The molecule has 0 bridgehead atoms. The van der Waals surface area contributed by atoms with Crippen molar-refractivity contribution in [1.82, 2.24) is 9.88 Å². The molecule has 2 heterocycles. The number of likely N-dealkylation sites (tertiary alicyclic amines) is 1. The van der Waals surface area contributed by atoms with Crippen LogP contribution >= 0.6 is 11.3 Å². The van der Waals surface area contributed by atoms with Crippen LogP contribution in [-0.4, -0.2) is 42.6 Å². The van der Waals surface area contributed by atoms with Crippen molar-refractivity contribution < 1.29 is 14.3 Å². The normalized spacial score (nSPS) is 14.9.